The van der Waals surface area contributed by atoms with Gasteiger partial charge in [-0.3, -0.25) is 0 Å². The summed E-state index contributed by atoms with van der Waals surface area (Å²) in [7, 11) is 0. The van der Waals surface area contributed by atoms with Gasteiger partial charge in [-0.25, -0.2) is 4.79 Å². The Labute approximate surface area is 163 Å². The molecule has 1 heterocycles. The van der Waals surface area contributed by atoms with E-state index in [-0.39, 0.29) is 12.5 Å². The van der Waals surface area contributed by atoms with Gasteiger partial charge in [-0.05, 0) is 44.0 Å². The molecule has 0 amide bonds. The Hall–Kier alpha value is -1.91. The molecule has 0 aliphatic carbocycles. The van der Waals surface area contributed by atoms with Crippen LogP contribution in [0.2, 0.25) is 10.0 Å². The van der Waals surface area contributed by atoms with Crippen molar-refractivity contribution in [3.63, 3.8) is 0 Å². The summed E-state index contributed by atoms with van der Waals surface area (Å²) in [6.45, 7) is 6.13. The average molecular weight is 394 g/mol. The van der Waals surface area contributed by atoms with Gasteiger partial charge in [0.15, 0.2) is 6.23 Å². The van der Waals surface area contributed by atoms with Gasteiger partial charge in [-0.1, -0.05) is 47.0 Å². The van der Waals surface area contributed by atoms with E-state index in [9.17, 15) is 4.79 Å². The number of aryl methyl sites for hydroxylation is 2. The molecule has 6 heteroatoms. The van der Waals surface area contributed by atoms with Crippen LogP contribution in [-0.4, -0.2) is 19.0 Å². The van der Waals surface area contributed by atoms with Crippen molar-refractivity contribution in [2.45, 2.75) is 39.3 Å². The second-order valence-electron chi connectivity index (χ2n) is 6.43. The first-order valence-corrected chi connectivity index (χ1v) is 9.30. The van der Waals surface area contributed by atoms with Crippen LogP contribution in [0.1, 0.15) is 41.5 Å². The molecule has 2 atom stereocenters. The van der Waals surface area contributed by atoms with E-state index in [2.05, 4.69) is 37.4 Å². The van der Waals surface area contributed by atoms with E-state index in [1.54, 1.807) is 13.0 Å². The van der Waals surface area contributed by atoms with Gasteiger partial charge in [0, 0.05) is 33.6 Å². The van der Waals surface area contributed by atoms with Crippen LogP contribution in [-0.2, 0) is 9.47 Å². The first kappa shape index (κ1) is 18.9. The van der Waals surface area contributed by atoms with Crippen molar-refractivity contribution in [1.82, 2.24) is 0 Å². The standard InChI is InChI=1S/C20H21Cl2NO3/c1-4-25-20(24)26-18-10-15(14-7-11(2)5-6-12(14)3)19-16(22)8-13(21)9-17(19)23-18/h5-9,15,18,23H,4,10H2,1-3H3. The van der Waals surface area contributed by atoms with Crippen LogP contribution >= 0.6 is 23.2 Å². The third kappa shape index (κ3) is 3.92. The molecule has 0 saturated heterocycles. The molecule has 0 radical (unpaired) electrons. The largest absolute Gasteiger partial charge is 0.510 e. The number of anilines is 1. The lowest BCUT2D eigenvalue weighted by atomic mass is 9.82. The van der Waals surface area contributed by atoms with Gasteiger partial charge in [-0.2, -0.15) is 0 Å². The molecule has 0 aromatic heterocycles. The summed E-state index contributed by atoms with van der Waals surface area (Å²) in [6, 6.07) is 9.88. The molecular formula is C20H21Cl2NO3. The summed E-state index contributed by atoms with van der Waals surface area (Å²) in [6.07, 6.45) is -0.667. The summed E-state index contributed by atoms with van der Waals surface area (Å²) >= 11 is 12.7. The van der Waals surface area contributed by atoms with Gasteiger partial charge in [-0.15, -0.1) is 0 Å². The molecule has 2 unspecified atom stereocenters. The molecule has 138 valence electrons. The number of ether oxygens (including phenoxy) is 2. The van der Waals surface area contributed by atoms with Gasteiger partial charge >= 0.3 is 6.16 Å². The van der Waals surface area contributed by atoms with E-state index < -0.39 is 12.4 Å². The Morgan fingerprint density at radius 3 is 2.73 bits per heavy atom. The molecule has 0 saturated carbocycles. The molecule has 3 rings (SSSR count). The smallest absolute Gasteiger partial charge is 0.435 e. The number of carbonyl (C=O) groups is 1. The summed E-state index contributed by atoms with van der Waals surface area (Å²) in [5, 5.41) is 4.33. The minimum atomic E-state index is -0.693. The Kier molecular flexibility index (Phi) is 5.64. The first-order chi connectivity index (χ1) is 12.4. The quantitative estimate of drug-likeness (QED) is 0.643. The van der Waals surface area contributed by atoms with E-state index >= 15 is 0 Å². The second-order valence-corrected chi connectivity index (χ2v) is 7.27. The lowest BCUT2D eigenvalue weighted by Gasteiger charge is -2.34. The van der Waals surface area contributed by atoms with E-state index in [1.807, 2.05) is 6.07 Å². The normalized spacial score (nSPS) is 18.7. The van der Waals surface area contributed by atoms with Crippen LogP contribution < -0.4 is 5.32 Å². The van der Waals surface area contributed by atoms with Gasteiger partial charge in [0.05, 0.1) is 6.61 Å². The SMILES string of the molecule is CCOC(=O)OC1CC(c2cc(C)ccc2C)c2c(Cl)cc(Cl)cc2N1. The predicted molar refractivity (Wildman–Crippen MR) is 104 cm³/mol. The summed E-state index contributed by atoms with van der Waals surface area (Å²) in [5.74, 6) is -0.0182. The molecule has 1 aliphatic rings. The van der Waals surface area contributed by atoms with Crippen molar-refractivity contribution in [1.29, 1.82) is 0 Å². The Bertz CT molecular complexity index is 838. The maximum absolute atomic E-state index is 11.8. The van der Waals surface area contributed by atoms with E-state index in [4.69, 9.17) is 32.7 Å². The van der Waals surface area contributed by atoms with Crippen molar-refractivity contribution in [2.75, 3.05) is 11.9 Å². The van der Waals surface area contributed by atoms with Gasteiger partial charge in [0.2, 0.25) is 0 Å². The molecule has 2 aromatic carbocycles. The van der Waals surface area contributed by atoms with Crippen molar-refractivity contribution in [2.24, 2.45) is 0 Å². The van der Waals surface area contributed by atoms with Crippen molar-refractivity contribution < 1.29 is 14.3 Å². The van der Waals surface area contributed by atoms with E-state index in [1.165, 1.54) is 5.56 Å². The lowest BCUT2D eigenvalue weighted by molar-refractivity contribution is 0.0301. The molecule has 26 heavy (non-hydrogen) atoms. The maximum Gasteiger partial charge on any atom is 0.510 e. The number of fused-ring (bicyclic) bond motifs is 1. The number of hydrogen-bond acceptors (Lipinski definition) is 4. The molecule has 0 bridgehead atoms. The molecule has 2 aromatic rings. The fraction of sp³-hybridized carbons (Fsp3) is 0.350. The second kappa shape index (κ2) is 7.77. The van der Waals surface area contributed by atoms with Crippen molar-refractivity contribution in [3.8, 4) is 0 Å². The predicted octanol–water partition coefficient (Wildman–Crippen LogP) is 6.06. The highest BCUT2D eigenvalue weighted by Crippen LogP contribution is 2.45. The Balaban J connectivity index is 2.04. The highest BCUT2D eigenvalue weighted by molar-refractivity contribution is 6.35. The third-order valence-electron chi connectivity index (χ3n) is 4.52. The highest BCUT2D eigenvalue weighted by Gasteiger charge is 2.33. The minimum Gasteiger partial charge on any atom is -0.435 e. The van der Waals surface area contributed by atoms with Crippen LogP contribution in [0.15, 0.2) is 30.3 Å². The monoisotopic (exact) mass is 393 g/mol. The Morgan fingerprint density at radius 2 is 2.00 bits per heavy atom. The summed E-state index contributed by atoms with van der Waals surface area (Å²) < 4.78 is 10.3. The fourth-order valence-corrected chi connectivity index (χ4v) is 4.01. The van der Waals surface area contributed by atoms with Gasteiger partial charge < -0.3 is 14.8 Å². The molecule has 1 aliphatic heterocycles. The number of rotatable bonds is 3. The molecule has 1 N–H and O–H groups in total. The van der Waals surface area contributed by atoms with Crippen LogP contribution in [0.5, 0.6) is 0 Å². The fourth-order valence-electron chi connectivity index (χ4n) is 3.39. The lowest BCUT2D eigenvalue weighted by Crippen LogP contribution is -2.33. The van der Waals surface area contributed by atoms with Crippen LogP contribution in [0.25, 0.3) is 0 Å². The van der Waals surface area contributed by atoms with Crippen LogP contribution in [0.4, 0.5) is 10.5 Å². The number of carbonyl (C=O) groups excluding carboxylic acids is 1. The number of halogens is 2. The summed E-state index contributed by atoms with van der Waals surface area (Å²) in [5.41, 5.74) is 5.23. The molecule has 0 fully saturated rings. The van der Waals surface area contributed by atoms with Gasteiger partial charge in [0.1, 0.15) is 0 Å². The number of nitrogens with one attached hydrogen (secondary N) is 1. The third-order valence-corrected chi connectivity index (χ3v) is 5.05. The highest BCUT2D eigenvalue weighted by atomic mass is 35.5. The number of hydrogen-bond donors (Lipinski definition) is 1. The zero-order chi connectivity index (χ0) is 18.8. The zero-order valence-electron chi connectivity index (χ0n) is 14.9. The van der Waals surface area contributed by atoms with E-state index in [0.717, 1.165) is 22.4 Å². The topological polar surface area (TPSA) is 47.6 Å². The number of benzene rings is 2. The first-order valence-electron chi connectivity index (χ1n) is 8.55. The van der Waals surface area contributed by atoms with Crippen LogP contribution in [0, 0.1) is 13.8 Å². The minimum absolute atomic E-state index is 0.0182. The zero-order valence-corrected chi connectivity index (χ0v) is 16.4. The summed E-state index contributed by atoms with van der Waals surface area (Å²) in [4.78, 5) is 11.8. The van der Waals surface area contributed by atoms with Gasteiger partial charge in [0.25, 0.3) is 0 Å². The molecule has 4 nitrogen and oxygen atoms in total. The maximum atomic E-state index is 11.8. The average Bonchev–Trinajstić information content (AvgIpc) is 2.56. The molecule has 0 spiro atoms. The van der Waals surface area contributed by atoms with Crippen molar-refractivity contribution >= 4 is 35.0 Å². The van der Waals surface area contributed by atoms with E-state index in [0.29, 0.717) is 16.5 Å². The molecular weight excluding hydrogens is 373 g/mol. The van der Waals surface area contributed by atoms with Crippen molar-refractivity contribution in [3.05, 3.63) is 62.6 Å². The van der Waals surface area contributed by atoms with Crippen LogP contribution in [0.3, 0.4) is 0 Å². The Morgan fingerprint density at radius 1 is 1.23 bits per heavy atom.